The van der Waals surface area contributed by atoms with Crippen LogP contribution in [0, 0.1) is 0 Å². The van der Waals surface area contributed by atoms with Crippen LogP contribution in [-0.2, 0) is 12.8 Å². The second kappa shape index (κ2) is 9.50. The van der Waals surface area contributed by atoms with Gasteiger partial charge in [0.2, 0.25) is 0 Å². The highest BCUT2D eigenvalue weighted by Gasteiger charge is 2.28. The molecule has 33 heavy (non-hydrogen) atoms. The molecule has 0 bridgehead atoms. The zero-order chi connectivity index (χ0) is 22.6. The van der Waals surface area contributed by atoms with E-state index >= 15 is 0 Å². The zero-order valence-corrected chi connectivity index (χ0v) is 19.5. The zero-order valence-electron chi connectivity index (χ0n) is 19.5. The Kier molecular flexibility index (Phi) is 6.13. The minimum Gasteiger partial charge on any atom is -0.368 e. The lowest BCUT2D eigenvalue weighted by Crippen LogP contribution is -2.15. The van der Waals surface area contributed by atoms with Gasteiger partial charge in [0.1, 0.15) is 0 Å². The van der Waals surface area contributed by atoms with Gasteiger partial charge in [-0.1, -0.05) is 85.8 Å². The summed E-state index contributed by atoms with van der Waals surface area (Å²) in [5, 5.41) is 2.92. The van der Waals surface area contributed by atoms with Crippen LogP contribution in [0.3, 0.4) is 0 Å². The maximum absolute atomic E-state index is 2.92. The van der Waals surface area contributed by atoms with Gasteiger partial charge in [0.25, 0.3) is 0 Å². The smallest absolute Gasteiger partial charge is 0.000442 e. The van der Waals surface area contributed by atoms with Crippen LogP contribution in [0.2, 0.25) is 0 Å². The minimum absolute atomic E-state index is 0.598. The van der Waals surface area contributed by atoms with Crippen LogP contribution in [0.5, 0.6) is 0 Å². The highest BCUT2D eigenvalue weighted by atomic mass is 14.8. The first-order valence-electron chi connectivity index (χ1n) is 12.0. The molecule has 1 heteroatoms. The van der Waals surface area contributed by atoms with Crippen molar-refractivity contribution in [1.29, 1.82) is 0 Å². The molecule has 1 nitrogen and oxygen atoms in total. The number of fused-ring (bicyclic) bond motifs is 5. The highest BCUT2D eigenvalue weighted by Crippen LogP contribution is 2.46. The van der Waals surface area contributed by atoms with Crippen LogP contribution in [0.1, 0.15) is 54.0 Å². The molecule has 1 atom stereocenters. The van der Waals surface area contributed by atoms with Gasteiger partial charge < -0.3 is 5.32 Å². The Morgan fingerprint density at radius 2 is 1.39 bits per heavy atom. The van der Waals surface area contributed by atoms with Crippen molar-refractivity contribution in [1.82, 2.24) is 5.32 Å². The largest absolute Gasteiger partial charge is 0.368 e. The topological polar surface area (TPSA) is 12.0 Å². The fourth-order valence-electron chi connectivity index (χ4n) is 5.48. The molecule has 1 aliphatic heterocycles. The van der Waals surface area contributed by atoms with Crippen molar-refractivity contribution in [2.75, 3.05) is 0 Å². The molecule has 3 aromatic rings. The van der Waals surface area contributed by atoms with Crippen LogP contribution in [0.25, 0.3) is 22.3 Å². The molecule has 3 aromatic carbocycles. The third-order valence-electron chi connectivity index (χ3n) is 7.01. The Bertz CT molecular complexity index is 1260. The first-order valence-corrected chi connectivity index (χ1v) is 12.0. The average molecular weight is 430 g/mol. The van der Waals surface area contributed by atoms with E-state index in [2.05, 4.69) is 85.9 Å². The number of hydrogen-bond donors (Lipinski definition) is 1. The second-order valence-electron chi connectivity index (χ2n) is 9.05. The van der Waals surface area contributed by atoms with E-state index in [4.69, 9.17) is 0 Å². The third-order valence-corrected chi connectivity index (χ3v) is 7.01. The van der Waals surface area contributed by atoms with Gasteiger partial charge in [-0.3, -0.25) is 0 Å². The van der Waals surface area contributed by atoms with Crippen molar-refractivity contribution in [2.24, 2.45) is 0 Å². The third kappa shape index (κ3) is 4.24. The van der Waals surface area contributed by atoms with E-state index in [1.165, 1.54) is 39.0 Å². The van der Waals surface area contributed by atoms with Crippen molar-refractivity contribution in [3.63, 3.8) is 0 Å². The molecule has 0 saturated carbocycles. The van der Waals surface area contributed by atoms with Crippen LogP contribution >= 0.6 is 0 Å². The predicted octanol–water partition coefficient (Wildman–Crippen LogP) is 8.06. The summed E-state index contributed by atoms with van der Waals surface area (Å²) in [5.74, 6) is 0.598. The lowest BCUT2D eigenvalue weighted by atomic mass is 9.72. The molecule has 0 fully saturated rings. The average Bonchev–Trinajstić information content (AvgIpc) is 3.18. The molecule has 1 heterocycles. The summed E-state index contributed by atoms with van der Waals surface area (Å²) in [6.45, 7) is 4.72. The minimum atomic E-state index is 0.598. The van der Waals surface area contributed by atoms with E-state index in [0.29, 0.717) is 5.92 Å². The van der Waals surface area contributed by atoms with Crippen LogP contribution in [0.4, 0.5) is 0 Å². The van der Waals surface area contributed by atoms with Crippen molar-refractivity contribution in [3.8, 4) is 11.1 Å². The molecule has 164 valence electrons. The predicted molar refractivity (Wildman–Crippen MR) is 142 cm³/mol. The molecule has 1 unspecified atom stereocenters. The van der Waals surface area contributed by atoms with Crippen molar-refractivity contribution < 1.29 is 0 Å². The van der Waals surface area contributed by atoms with Gasteiger partial charge in [0, 0.05) is 12.4 Å². The molecule has 0 aromatic heterocycles. The van der Waals surface area contributed by atoms with Crippen LogP contribution in [0.15, 0.2) is 103 Å². The number of allylic oxidation sites excluding steroid dienone is 6. The van der Waals surface area contributed by atoms with Gasteiger partial charge in [-0.2, -0.15) is 0 Å². The quantitative estimate of drug-likeness (QED) is 0.412. The summed E-state index contributed by atoms with van der Waals surface area (Å²) in [6, 6.07) is 24.6. The first kappa shape index (κ1) is 21.3. The SMILES string of the molecule is C1=CC=CNC=C1.CC1=C(c2ccccc2)CCc2c1ccc1c2C(C)Cc2ccccc2-1. The molecular weight excluding hydrogens is 398 g/mol. The van der Waals surface area contributed by atoms with E-state index < -0.39 is 0 Å². The summed E-state index contributed by atoms with van der Waals surface area (Å²) in [6.07, 6.45) is 15.0. The monoisotopic (exact) mass is 429 g/mol. The van der Waals surface area contributed by atoms with E-state index in [1.807, 2.05) is 36.7 Å². The van der Waals surface area contributed by atoms with E-state index in [0.717, 1.165) is 19.3 Å². The van der Waals surface area contributed by atoms with Crippen LogP contribution in [-0.4, -0.2) is 0 Å². The molecule has 0 spiro atoms. The Hall–Kier alpha value is -3.58. The Balaban J connectivity index is 0.000000281. The Morgan fingerprint density at radius 1 is 0.697 bits per heavy atom. The summed E-state index contributed by atoms with van der Waals surface area (Å²) >= 11 is 0. The normalized spacial score (nSPS) is 17.7. The number of nitrogens with one attached hydrogen (secondary N) is 1. The lowest BCUT2D eigenvalue weighted by Gasteiger charge is -2.32. The van der Waals surface area contributed by atoms with E-state index in [9.17, 15) is 0 Å². The molecular formula is C32H31N. The fraction of sp³-hybridized carbons (Fsp3) is 0.188. The van der Waals surface area contributed by atoms with Crippen molar-refractivity contribution >= 4 is 11.1 Å². The van der Waals surface area contributed by atoms with E-state index in [-0.39, 0.29) is 0 Å². The standard InChI is InChI=1S/C26H24.C6H7N/c1-17-16-20-10-6-7-11-23(20)25-15-13-22-18(2)21(12-14-24(22)26(17)25)19-8-4-3-5-9-19;1-2-4-6-7-5-3-1/h3-11,13,15,17H,12,14,16H2,1-2H3;1-7H. The summed E-state index contributed by atoms with van der Waals surface area (Å²) in [5.41, 5.74) is 13.4. The molecule has 0 radical (unpaired) electrons. The molecule has 2 aliphatic carbocycles. The molecule has 0 saturated heterocycles. The maximum Gasteiger partial charge on any atom is 0.000442 e. The number of hydrogen-bond acceptors (Lipinski definition) is 1. The Morgan fingerprint density at radius 3 is 2.18 bits per heavy atom. The van der Waals surface area contributed by atoms with Gasteiger partial charge in [-0.15, -0.1) is 0 Å². The molecule has 6 rings (SSSR count). The first-order chi connectivity index (χ1) is 16.2. The number of rotatable bonds is 1. The lowest BCUT2D eigenvalue weighted by molar-refractivity contribution is 0.733. The van der Waals surface area contributed by atoms with E-state index in [1.54, 1.807) is 11.1 Å². The fourth-order valence-corrected chi connectivity index (χ4v) is 5.48. The van der Waals surface area contributed by atoms with Gasteiger partial charge in [0.05, 0.1) is 0 Å². The Labute approximate surface area is 197 Å². The molecule has 3 aliphatic rings. The summed E-state index contributed by atoms with van der Waals surface area (Å²) < 4.78 is 0. The molecule has 0 amide bonds. The molecule has 1 N–H and O–H groups in total. The van der Waals surface area contributed by atoms with Gasteiger partial charge in [0.15, 0.2) is 0 Å². The summed E-state index contributed by atoms with van der Waals surface area (Å²) in [4.78, 5) is 0. The van der Waals surface area contributed by atoms with Crippen molar-refractivity contribution in [3.05, 3.63) is 131 Å². The van der Waals surface area contributed by atoms with Gasteiger partial charge in [-0.05, 0) is 94.3 Å². The van der Waals surface area contributed by atoms with Crippen molar-refractivity contribution in [2.45, 2.75) is 39.0 Å². The van der Waals surface area contributed by atoms with Crippen LogP contribution < -0.4 is 5.32 Å². The maximum atomic E-state index is 2.92. The van der Waals surface area contributed by atoms with Gasteiger partial charge in [-0.25, -0.2) is 0 Å². The second-order valence-corrected chi connectivity index (χ2v) is 9.05. The highest BCUT2D eigenvalue weighted by molar-refractivity contribution is 5.94. The summed E-state index contributed by atoms with van der Waals surface area (Å²) in [7, 11) is 0. The van der Waals surface area contributed by atoms with Gasteiger partial charge >= 0.3 is 0 Å². The number of benzene rings is 3.